The van der Waals surface area contributed by atoms with Crippen LogP contribution in [0, 0.1) is 13.8 Å². The van der Waals surface area contributed by atoms with Gasteiger partial charge >= 0.3 is 12.9 Å². The molecule has 2 amide bonds. The number of hydrogen-bond donors (Lipinski definition) is 0. The van der Waals surface area contributed by atoms with Crippen molar-refractivity contribution in [3.05, 3.63) is 40.9 Å². The van der Waals surface area contributed by atoms with E-state index in [2.05, 4.69) is 0 Å². The zero-order valence-corrected chi connectivity index (χ0v) is 16.9. The molecule has 0 spiro atoms. The second-order valence-electron chi connectivity index (χ2n) is 7.83. The van der Waals surface area contributed by atoms with Crippen molar-refractivity contribution in [1.29, 1.82) is 0 Å². The van der Waals surface area contributed by atoms with E-state index >= 15 is 8.63 Å². The van der Waals surface area contributed by atoms with Gasteiger partial charge in [0.2, 0.25) is 0 Å². The van der Waals surface area contributed by atoms with Gasteiger partial charge < -0.3 is 22.4 Å². The molecule has 0 aromatic carbocycles. The van der Waals surface area contributed by atoms with Gasteiger partial charge in [0.05, 0.1) is 0 Å². The van der Waals surface area contributed by atoms with Gasteiger partial charge in [0.15, 0.2) is 5.70 Å². The second kappa shape index (κ2) is 7.34. The molecular weight excluding hydrogens is 395 g/mol. The molecule has 0 atom stereocenters. The summed E-state index contributed by atoms with van der Waals surface area (Å²) in [5, 5.41) is 0.518. The van der Waals surface area contributed by atoms with Crippen molar-refractivity contribution < 1.29 is 32.3 Å². The molecule has 3 aliphatic heterocycles. The van der Waals surface area contributed by atoms with Crippen LogP contribution in [0.2, 0.25) is 0 Å². The third-order valence-corrected chi connectivity index (χ3v) is 5.67. The molecule has 158 valence electrons. The summed E-state index contributed by atoms with van der Waals surface area (Å²) < 4.78 is 32.8. The molecule has 0 unspecified atom stereocenters. The van der Waals surface area contributed by atoms with Crippen LogP contribution in [0.4, 0.5) is 8.63 Å². The fraction of sp³-hybridized carbons (Fsp3) is 0.400. The van der Waals surface area contributed by atoms with Gasteiger partial charge in [-0.05, 0) is 44.0 Å². The van der Waals surface area contributed by atoms with Crippen LogP contribution in [0.5, 0.6) is 0 Å². The SMILES string of the molecule is Cc1cc(C)n2c1C=C1C=CC(CCCCC(=O)ON3C(=O)CCC3=O)=[N+]1[B-]2(F)F. The van der Waals surface area contributed by atoms with Gasteiger partial charge in [-0.2, -0.15) is 0 Å². The molecule has 30 heavy (non-hydrogen) atoms. The summed E-state index contributed by atoms with van der Waals surface area (Å²) in [6.07, 6.45) is 6.49. The van der Waals surface area contributed by atoms with E-state index in [1.807, 2.05) is 6.92 Å². The number of carbonyl (C=O) groups is 3. The van der Waals surface area contributed by atoms with Crippen molar-refractivity contribution in [2.45, 2.75) is 52.4 Å². The first-order chi connectivity index (χ1) is 14.2. The van der Waals surface area contributed by atoms with Gasteiger partial charge in [0.1, 0.15) is 5.71 Å². The van der Waals surface area contributed by atoms with Crippen LogP contribution in [0.3, 0.4) is 0 Å². The molecule has 0 aliphatic carbocycles. The van der Waals surface area contributed by atoms with Gasteiger partial charge in [-0.25, -0.2) is 4.79 Å². The Balaban J connectivity index is 1.39. The highest BCUT2D eigenvalue weighted by atomic mass is 19.2. The van der Waals surface area contributed by atoms with E-state index in [0.717, 1.165) is 14.5 Å². The molecule has 0 N–H and O–H groups in total. The Bertz CT molecular complexity index is 1040. The number of allylic oxidation sites excluding steroid dienone is 2. The highest BCUT2D eigenvalue weighted by Crippen LogP contribution is 2.34. The normalized spacial score (nSPS) is 19.3. The largest absolute Gasteiger partial charge is 0.737 e. The van der Waals surface area contributed by atoms with E-state index in [0.29, 0.717) is 47.1 Å². The number of halogens is 2. The van der Waals surface area contributed by atoms with Crippen molar-refractivity contribution in [2.24, 2.45) is 0 Å². The number of rotatable bonds is 6. The van der Waals surface area contributed by atoms with Gasteiger partial charge in [-0.15, -0.1) is 5.06 Å². The van der Waals surface area contributed by atoms with Crippen molar-refractivity contribution in [3.8, 4) is 0 Å². The molecule has 0 radical (unpaired) electrons. The number of hydroxylamine groups is 2. The quantitative estimate of drug-likeness (QED) is 0.406. The minimum atomic E-state index is -3.99. The van der Waals surface area contributed by atoms with Crippen LogP contribution in [0.15, 0.2) is 23.9 Å². The Morgan fingerprint density at radius 3 is 2.57 bits per heavy atom. The maximum absolute atomic E-state index is 15.3. The van der Waals surface area contributed by atoms with Gasteiger partial charge in [0, 0.05) is 49.6 Å². The number of carbonyl (C=O) groups excluding carboxylic acids is 3. The van der Waals surface area contributed by atoms with E-state index in [9.17, 15) is 14.4 Å². The van der Waals surface area contributed by atoms with Crippen molar-refractivity contribution in [2.75, 3.05) is 0 Å². The molecule has 4 rings (SSSR count). The Kier molecular flexibility index (Phi) is 4.95. The van der Waals surface area contributed by atoms with Crippen molar-refractivity contribution in [3.63, 3.8) is 0 Å². The number of aryl methyl sites for hydroxylation is 2. The fourth-order valence-electron chi connectivity index (χ4n) is 4.28. The van der Waals surface area contributed by atoms with E-state index in [1.54, 1.807) is 31.2 Å². The topological polar surface area (TPSA) is 71.6 Å². The Labute approximate surface area is 172 Å². The lowest BCUT2D eigenvalue weighted by atomic mass is 9.90. The molecule has 7 nitrogen and oxygen atoms in total. The summed E-state index contributed by atoms with van der Waals surface area (Å²) in [5.41, 5.74) is 2.83. The average molecular weight is 417 g/mol. The smallest absolute Gasteiger partial charge is 0.394 e. The molecule has 3 aliphatic rings. The molecule has 0 saturated carbocycles. The van der Waals surface area contributed by atoms with E-state index in [-0.39, 0.29) is 19.3 Å². The number of amides is 2. The summed E-state index contributed by atoms with van der Waals surface area (Å²) in [6.45, 7) is -0.493. The Hall–Kier alpha value is -3.04. The highest BCUT2D eigenvalue weighted by Gasteiger charge is 2.52. The number of fused-ring (bicyclic) bond motifs is 2. The molecule has 1 fully saturated rings. The van der Waals surface area contributed by atoms with E-state index in [1.165, 1.54) is 0 Å². The van der Waals surface area contributed by atoms with E-state index < -0.39 is 24.8 Å². The number of imide groups is 1. The maximum Gasteiger partial charge on any atom is 0.737 e. The standard InChI is InChI=1S/C20H22BF2N3O4/c1-13-11-14(2)24-17(13)12-16-8-7-15(25(16)21(24,22)23)5-3-4-6-20(29)30-26-18(27)9-10-19(26)28/h7-8,11-12H,3-6,9-10H2,1-2H3. The van der Waals surface area contributed by atoms with Crippen LogP contribution in [0.25, 0.3) is 6.08 Å². The third kappa shape index (κ3) is 3.30. The van der Waals surface area contributed by atoms with Crippen LogP contribution >= 0.6 is 0 Å². The van der Waals surface area contributed by atoms with Crippen LogP contribution in [-0.2, 0) is 19.2 Å². The molecule has 1 aromatic heterocycles. The van der Waals surface area contributed by atoms with Crippen LogP contribution in [-0.4, -0.2) is 44.5 Å². The Morgan fingerprint density at radius 1 is 1.17 bits per heavy atom. The lowest BCUT2D eigenvalue weighted by Gasteiger charge is -2.30. The van der Waals surface area contributed by atoms with Gasteiger partial charge in [-0.1, -0.05) is 0 Å². The van der Waals surface area contributed by atoms with E-state index in [4.69, 9.17) is 4.84 Å². The average Bonchev–Trinajstić information content (AvgIpc) is 3.31. The van der Waals surface area contributed by atoms with Crippen molar-refractivity contribution in [1.82, 2.24) is 9.54 Å². The lowest BCUT2D eigenvalue weighted by Crippen LogP contribution is -2.50. The van der Waals surface area contributed by atoms with Gasteiger partial charge in [-0.3, -0.25) is 9.59 Å². The monoisotopic (exact) mass is 417 g/mol. The first kappa shape index (κ1) is 20.2. The summed E-state index contributed by atoms with van der Waals surface area (Å²) >= 11 is 0. The predicted octanol–water partition coefficient (Wildman–Crippen LogP) is 2.87. The molecular formula is C20H22BF2N3O4. The predicted molar refractivity (Wildman–Crippen MR) is 105 cm³/mol. The highest BCUT2D eigenvalue weighted by molar-refractivity contribution is 6.58. The number of nitrogens with zero attached hydrogens (tertiary/aromatic N) is 3. The Morgan fingerprint density at radius 2 is 1.87 bits per heavy atom. The van der Waals surface area contributed by atoms with Crippen LogP contribution in [0.1, 0.15) is 55.5 Å². The molecule has 1 aromatic rings. The second-order valence-corrected chi connectivity index (χ2v) is 7.83. The first-order valence-electron chi connectivity index (χ1n) is 10.0. The third-order valence-electron chi connectivity index (χ3n) is 5.67. The zero-order valence-electron chi connectivity index (χ0n) is 16.9. The number of hydrogen-bond acceptors (Lipinski definition) is 4. The van der Waals surface area contributed by atoms with Gasteiger partial charge in [0.25, 0.3) is 11.8 Å². The minimum absolute atomic E-state index is 0.00165. The minimum Gasteiger partial charge on any atom is -0.394 e. The van der Waals surface area contributed by atoms with Crippen LogP contribution < -0.4 is 0 Å². The maximum atomic E-state index is 15.3. The molecule has 1 saturated heterocycles. The van der Waals surface area contributed by atoms with Crippen molar-refractivity contribution >= 4 is 36.5 Å². The summed E-state index contributed by atoms with van der Waals surface area (Å²) in [7, 11) is 0. The number of aromatic nitrogens is 1. The number of unbranched alkanes of at least 4 members (excludes halogenated alkanes) is 1. The molecule has 0 bridgehead atoms. The summed E-state index contributed by atoms with van der Waals surface area (Å²) in [5.74, 6) is -1.73. The molecule has 10 heteroatoms. The zero-order chi connectivity index (χ0) is 21.6. The fourth-order valence-corrected chi connectivity index (χ4v) is 4.28. The lowest BCUT2D eigenvalue weighted by molar-refractivity contribution is -0.362. The summed E-state index contributed by atoms with van der Waals surface area (Å²) in [4.78, 5) is 39.6. The molecule has 4 heterocycles. The first-order valence-corrected chi connectivity index (χ1v) is 10.0. The summed E-state index contributed by atoms with van der Waals surface area (Å²) in [6, 6.07) is 1.76.